The van der Waals surface area contributed by atoms with E-state index in [2.05, 4.69) is 0 Å². The van der Waals surface area contributed by atoms with E-state index in [-0.39, 0.29) is 5.54 Å². The van der Waals surface area contributed by atoms with Crippen LogP contribution in [0.3, 0.4) is 0 Å². The van der Waals surface area contributed by atoms with Crippen molar-refractivity contribution in [2.75, 3.05) is 19.8 Å². The molecule has 1 aliphatic heterocycles. The minimum atomic E-state index is -0.268. The van der Waals surface area contributed by atoms with Crippen LogP contribution in [0.2, 0.25) is 0 Å². The first-order valence-corrected chi connectivity index (χ1v) is 4.33. The van der Waals surface area contributed by atoms with Crippen LogP contribution in [0.4, 0.5) is 0 Å². The predicted molar refractivity (Wildman–Crippen MR) is 49.7 cm³/mol. The second-order valence-corrected chi connectivity index (χ2v) is 3.46. The van der Waals surface area contributed by atoms with Gasteiger partial charge in [0.2, 0.25) is 0 Å². The van der Waals surface area contributed by atoms with Gasteiger partial charge in [0.15, 0.2) is 0 Å². The van der Waals surface area contributed by atoms with Gasteiger partial charge in [-0.3, -0.25) is 0 Å². The number of ether oxygens (including phenoxy) is 2. The molecule has 1 fully saturated rings. The van der Waals surface area contributed by atoms with E-state index in [1.54, 1.807) is 0 Å². The first-order chi connectivity index (χ1) is 6.29. The Bertz CT molecular complexity index is 270. The summed E-state index contributed by atoms with van der Waals surface area (Å²) >= 11 is 0. The smallest absolute Gasteiger partial charge is 0.119 e. The highest BCUT2D eigenvalue weighted by molar-refractivity contribution is 5.21. The van der Waals surface area contributed by atoms with E-state index in [1.165, 1.54) is 0 Å². The number of rotatable bonds is 3. The molecule has 0 aliphatic carbocycles. The zero-order chi connectivity index (χ0) is 9.15. The molecule has 0 unspecified atom stereocenters. The highest BCUT2D eigenvalue weighted by Gasteiger charge is 2.34. The summed E-state index contributed by atoms with van der Waals surface area (Å²) in [5.41, 5.74) is 5.63. The molecule has 1 aliphatic rings. The van der Waals surface area contributed by atoms with Crippen molar-refractivity contribution < 1.29 is 9.47 Å². The maximum atomic E-state index is 5.90. The molecule has 70 valence electrons. The van der Waals surface area contributed by atoms with Gasteiger partial charge >= 0.3 is 0 Å². The van der Waals surface area contributed by atoms with E-state index in [1.807, 2.05) is 30.3 Å². The lowest BCUT2D eigenvalue weighted by Crippen LogP contribution is -2.61. The predicted octanol–water partition coefficient (Wildman–Crippen LogP) is 0.793. The second-order valence-electron chi connectivity index (χ2n) is 3.46. The standard InChI is InChI=1S/C10H13NO2/c11-10(6-12-7-10)8-13-9-4-2-1-3-5-9/h1-5H,6-8,11H2. The molecule has 2 N–H and O–H groups in total. The summed E-state index contributed by atoms with van der Waals surface area (Å²) in [6.07, 6.45) is 0. The Labute approximate surface area is 77.5 Å². The number of hydrogen-bond donors (Lipinski definition) is 1. The van der Waals surface area contributed by atoms with Crippen molar-refractivity contribution in [1.82, 2.24) is 0 Å². The van der Waals surface area contributed by atoms with Gasteiger partial charge in [0.1, 0.15) is 12.4 Å². The van der Waals surface area contributed by atoms with Crippen LogP contribution in [0.15, 0.2) is 30.3 Å². The first-order valence-electron chi connectivity index (χ1n) is 4.33. The molecule has 0 bridgehead atoms. The van der Waals surface area contributed by atoms with Crippen molar-refractivity contribution in [1.29, 1.82) is 0 Å². The van der Waals surface area contributed by atoms with Crippen LogP contribution in [-0.4, -0.2) is 25.4 Å². The Morgan fingerprint density at radius 3 is 2.54 bits per heavy atom. The monoisotopic (exact) mass is 179 g/mol. The quantitative estimate of drug-likeness (QED) is 0.746. The topological polar surface area (TPSA) is 44.5 Å². The van der Waals surface area contributed by atoms with Crippen molar-refractivity contribution in [3.8, 4) is 5.75 Å². The second kappa shape index (κ2) is 3.36. The SMILES string of the molecule is NC1(COc2ccccc2)COC1. The summed E-state index contributed by atoms with van der Waals surface area (Å²) < 4.78 is 10.5. The van der Waals surface area contributed by atoms with Gasteiger partial charge in [-0.05, 0) is 12.1 Å². The normalized spacial score (nSPS) is 19.2. The van der Waals surface area contributed by atoms with E-state index in [9.17, 15) is 0 Å². The zero-order valence-corrected chi connectivity index (χ0v) is 7.40. The number of nitrogens with two attached hydrogens (primary N) is 1. The fraction of sp³-hybridized carbons (Fsp3) is 0.400. The molecule has 0 aromatic heterocycles. The lowest BCUT2D eigenvalue weighted by Gasteiger charge is -2.37. The molecule has 0 saturated carbocycles. The van der Waals surface area contributed by atoms with Crippen LogP contribution in [0.25, 0.3) is 0 Å². The van der Waals surface area contributed by atoms with Gasteiger partial charge in [0, 0.05) is 0 Å². The number of benzene rings is 1. The molecule has 1 aromatic carbocycles. The number of hydrogen-bond acceptors (Lipinski definition) is 3. The van der Waals surface area contributed by atoms with Gasteiger partial charge < -0.3 is 15.2 Å². The summed E-state index contributed by atoms with van der Waals surface area (Å²) in [6.45, 7) is 1.72. The molecule has 1 saturated heterocycles. The van der Waals surface area contributed by atoms with Gasteiger partial charge in [-0.15, -0.1) is 0 Å². The van der Waals surface area contributed by atoms with Crippen LogP contribution in [-0.2, 0) is 4.74 Å². The fourth-order valence-electron chi connectivity index (χ4n) is 1.19. The Hall–Kier alpha value is -1.06. The van der Waals surface area contributed by atoms with E-state index in [4.69, 9.17) is 15.2 Å². The molecular weight excluding hydrogens is 166 g/mol. The molecule has 0 spiro atoms. The lowest BCUT2D eigenvalue weighted by atomic mass is 10.0. The van der Waals surface area contributed by atoms with Crippen LogP contribution >= 0.6 is 0 Å². The summed E-state index contributed by atoms with van der Waals surface area (Å²) in [5, 5.41) is 0. The molecule has 13 heavy (non-hydrogen) atoms. The van der Waals surface area contributed by atoms with Gasteiger partial charge in [-0.25, -0.2) is 0 Å². The summed E-state index contributed by atoms with van der Waals surface area (Å²) in [5.74, 6) is 0.860. The molecule has 3 nitrogen and oxygen atoms in total. The van der Waals surface area contributed by atoms with Crippen LogP contribution in [0.1, 0.15) is 0 Å². The lowest BCUT2D eigenvalue weighted by molar-refractivity contribution is -0.0722. The van der Waals surface area contributed by atoms with E-state index in [0.717, 1.165) is 5.75 Å². The fourth-order valence-corrected chi connectivity index (χ4v) is 1.19. The Kier molecular flexibility index (Phi) is 2.20. The summed E-state index contributed by atoms with van der Waals surface area (Å²) in [7, 11) is 0. The maximum Gasteiger partial charge on any atom is 0.119 e. The maximum absolute atomic E-state index is 5.90. The van der Waals surface area contributed by atoms with E-state index < -0.39 is 0 Å². The third-order valence-electron chi connectivity index (χ3n) is 2.05. The van der Waals surface area contributed by atoms with Crippen LogP contribution in [0, 0.1) is 0 Å². The van der Waals surface area contributed by atoms with E-state index >= 15 is 0 Å². The highest BCUT2D eigenvalue weighted by Crippen LogP contribution is 2.16. The minimum Gasteiger partial charge on any atom is -0.491 e. The van der Waals surface area contributed by atoms with Gasteiger partial charge in [-0.2, -0.15) is 0 Å². The Balaban J connectivity index is 1.86. The van der Waals surface area contributed by atoms with Crippen molar-refractivity contribution in [3.05, 3.63) is 30.3 Å². The average Bonchev–Trinajstić information content (AvgIpc) is 2.13. The molecule has 3 heteroatoms. The third-order valence-corrected chi connectivity index (χ3v) is 2.05. The third kappa shape index (κ3) is 1.99. The average molecular weight is 179 g/mol. The molecule has 1 aromatic rings. The molecule has 2 rings (SSSR count). The van der Waals surface area contributed by atoms with Gasteiger partial charge in [0.05, 0.1) is 18.8 Å². The van der Waals surface area contributed by atoms with Crippen molar-refractivity contribution >= 4 is 0 Å². The van der Waals surface area contributed by atoms with E-state index in [0.29, 0.717) is 19.8 Å². The molecular formula is C10H13NO2. The number of para-hydroxylation sites is 1. The molecule has 1 heterocycles. The Morgan fingerprint density at radius 2 is 2.00 bits per heavy atom. The van der Waals surface area contributed by atoms with Crippen molar-refractivity contribution in [2.45, 2.75) is 5.54 Å². The zero-order valence-electron chi connectivity index (χ0n) is 7.40. The van der Waals surface area contributed by atoms with Gasteiger partial charge in [0.25, 0.3) is 0 Å². The highest BCUT2D eigenvalue weighted by atomic mass is 16.5. The Morgan fingerprint density at radius 1 is 1.31 bits per heavy atom. The van der Waals surface area contributed by atoms with Gasteiger partial charge in [-0.1, -0.05) is 18.2 Å². The minimum absolute atomic E-state index is 0.268. The first kappa shape index (κ1) is 8.53. The largest absolute Gasteiger partial charge is 0.491 e. The summed E-state index contributed by atoms with van der Waals surface area (Å²) in [4.78, 5) is 0. The molecule has 0 atom stereocenters. The summed E-state index contributed by atoms with van der Waals surface area (Å²) in [6, 6.07) is 9.68. The van der Waals surface area contributed by atoms with Crippen LogP contribution in [0.5, 0.6) is 5.75 Å². The molecule has 0 radical (unpaired) electrons. The van der Waals surface area contributed by atoms with Crippen molar-refractivity contribution in [2.24, 2.45) is 5.73 Å². The van der Waals surface area contributed by atoms with Crippen LogP contribution < -0.4 is 10.5 Å². The molecule has 0 amide bonds. The van der Waals surface area contributed by atoms with Crippen molar-refractivity contribution in [3.63, 3.8) is 0 Å².